The Balaban J connectivity index is 2.39. The molecule has 0 aliphatic carbocycles. The van der Waals surface area contributed by atoms with Crippen LogP contribution in [0.5, 0.6) is 0 Å². The molecule has 2 aromatic rings. The summed E-state index contributed by atoms with van der Waals surface area (Å²) in [4.78, 5) is 27.5. The quantitative estimate of drug-likeness (QED) is 0.475. The molecule has 0 saturated carbocycles. The predicted molar refractivity (Wildman–Crippen MR) is 136 cm³/mol. The van der Waals surface area contributed by atoms with Gasteiger partial charge in [0.2, 0.25) is 21.8 Å². The molecule has 0 aliphatic heterocycles. The van der Waals surface area contributed by atoms with Gasteiger partial charge in [-0.05, 0) is 61.7 Å². The Hall–Kier alpha value is -2.10. The highest BCUT2D eigenvalue weighted by atomic mass is 79.9. The Morgan fingerprint density at radius 1 is 1.15 bits per heavy atom. The van der Waals surface area contributed by atoms with Crippen molar-refractivity contribution in [1.29, 1.82) is 0 Å². The summed E-state index contributed by atoms with van der Waals surface area (Å²) in [6, 6.07) is 11.4. The zero-order chi connectivity index (χ0) is 24.8. The van der Waals surface area contributed by atoms with Crippen molar-refractivity contribution in [2.75, 3.05) is 23.7 Å². The average Bonchev–Trinajstić information content (AvgIpc) is 2.74. The van der Waals surface area contributed by atoms with E-state index in [-0.39, 0.29) is 12.5 Å². The van der Waals surface area contributed by atoms with Crippen molar-refractivity contribution in [2.24, 2.45) is 0 Å². The van der Waals surface area contributed by atoms with Gasteiger partial charge in [0, 0.05) is 22.6 Å². The highest BCUT2D eigenvalue weighted by Gasteiger charge is 2.30. The maximum absolute atomic E-state index is 13.4. The third-order valence-corrected chi connectivity index (χ3v) is 6.98. The molecule has 10 heteroatoms. The lowest BCUT2D eigenvalue weighted by atomic mass is 10.1. The SMILES string of the molecule is CCCNC(=O)[C@@H](C)N(Cc1ccc(Br)cc1)C(=O)CN(c1ccc(Cl)cc1C)S(C)(=O)=O. The van der Waals surface area contributed by atoms with Gasteiger partial charge in [0.05, 0.1) is 11.9 Å². The Bertz CT molecular complexity index is 1090. The number of hydrogen-bond acceptors (Lipinski definition) is 4. The topological polar surface area (TPSA) is 86.8 Å². The molecule has 7 nitrogen and oxygen atoms in total. The summed E-state index contributed by atoms with van der Waals surface area (Å²) in [5, 5.41) is 3.27. The van der Waals surface area contributed by atoms with Gasteiger partial charge in [-0.25, -0.2) is 8.42 Å². The number of sulfonamides is 1. The summed E-state index contributed by atoms with van der Waals surface area (Å²) in [5.74, 6) is -0.785. The second-order valence-corrected chi connectivity index (χ2v) is 11.1. The molecule has 0 aromatic heterocycles. The molecule has 2 amide bonds. The lowest BCUT2D eigenvalue weighted by molar-refractivity contribution is -0.139. The number of anilines is 1. The van der Waals surface area contributed by atoms with E-state index in [0.29, 0.717) is 22.8 Å². The Morgan fingerprint density at radius 3 is 2.33 bits per heavy atom. The number of halogens is 2. The number of carbonyl (C=O) groups is 2. The first-order chi connectivity index (χ1) is 15.4. The summed E-state index contributed by atoms with van der Waals surface area (Å²) in [7, 11) is -3.78. The molecule has 0 aliphatic rings. The molecule has 2 aromatic carbocycles. The molecule has 0 fully saturated rings. The molecule has 0 unspecified atom stereocenters. The highest BCUT2D eigenvalue weighted by Crippen LogP contribution is 2.26. The Morgan fingerprint density at radius 2 is 1.79 bits per heavy atom. The monoisotopic (exact) mass is 557 g/mol. The highest BCUT2D eigenvalue weighted by molar-refractivity contribution is 9.10. The molecule has 33 heavy (non-hydrogen) atoms. The molecule has 2 rings (SSSR count). The van der Waals surface area contributed by atoms with E-state index in [1.165, 1.54) is 4.90 Å². The second-order valence-electron chi connectivity index (χ2n) is 7.82. The summed E-state index contributed by atoms with van der Waals surface area (Å²) in [6.45, 7) is 5.51. The molecule has 0 bridgehead atoms. The average molecular weight is 559 g/mol. The van der Waals surface area contributed by atoms with Gasteiger partial charge in [-0.3, -0.25) is 13.9 Å². The molecule has 180 valence electrons. The fraction of sp³-hybridized carbons (Fsp3) is 0.391. The number of aryl methyl sites for hydroxylation is 1. The number of nitrogens with one attached hydrogen (secondary N) is 1. The van der Waals surface area contributed by atoms with E-state index < -0.39 is 28.5 Å². The van der Waals surface area contributed by atoms with Crippen LogP contribution in [-0.2, 0) is 26.2 Å². The van der Waals surface area contributed by atoms with Crippen LogP contribution in [0.4, 0.5) is 5.69 Å². The van der Waals surface area contributed by atoms with Gasteiger partial charge < -0.3 is 10.2 Å². The van der Waals surface area contributed by atoms with Gasteiger partial charge in [-0.1, -0.05) is 46.6 Å². The zero-order valence-electron chi connectivity index (χ0n) is 19.1. The lowest BCUT2D eigenvalue weighted by Crippen LogP contribution is -2.51. The van der Waals surface area contributed by atoms with Crippen molar-refractivity contribution in [3.05, 3.63) is 63.1 Å². The van der Waals surface area contributed by atoms with Crippen LogP contribution >= 0.6 is 27.5 Å². The number of nitrogens with zero attached hydrogens (tertiary/aromatic N) is 2. The first-order valence-corrected chi connectivity index (χ1v) is 13.5. The van der Waals surface area contributed by atoms with Gasteiger partial charge in [-0.15, -0.1) is 0 Å². The van der Waals surface area contributed by atoms with Crippen LogP contribution in [0, 0.1) is 6.92 Å². The number of rotatable bonds is 10. The number of hydrogen-bond donors (Lipinski definition) is 1. The molecular weight excluding hydrogens is 530 g/mol. The van der Waals surface area contributed by atoms with Crippen molar-refractivity contribution in [1.82, 2.24) is 10.2 Å². The van der Waals surface area contributed by atoms with Gasteiger partial charge in [-0.2, -0.15) is 0 Å². The first kappa shape index (κ1) is 27.1. The first-order valence-electron chi connectivity index (χ1n) is 10.5. The predicted octanol–water partition coefficient (Wildman–Crippen LogP) is 4.12. The summed E-state index contributed by atoms with van der Waals surface area (Å²) < 4.78 is 27.1. The van der Waals surface area contributed by atoms with Crippen LogP contribution in [0.25, 0.3) is 0 Å². The third kappa shape index (κ3) is 7.72. The Labute approximate surface area is 209 Å². The maximum atomic E-state index is 13.4. The van der Waals surface area contributed by atoms with Crippen molar-refractivity contribution in [3.63, 3.8) is 0 Å². The van der Waals surface area contributed by atoms with Crippen LogP contribution in [0.15, 0.2) is 46.9 Å². The van der Waals surface area contributed by atoms with Crippen LogP contribution in [0.3, 0.4) is 0 Å². The zero-order valence-corrected chi connectivity index (χ0v) is 22.3. The normalized spacial score (nSPS) is 12.2. The van der Waals surface area contributed by atoms with Crippen molar-refractivity contribution < 1.29 is 18.0 Å². The largest absolute Gasteiger partial charge is 0.354 e. The molecule has 0 heterocycles. The second kappa shape index (κ2) is 11.9. The van der Waals surface area contributed by atoms with Gasteiger partial charge >= 0.3 is 0 Å². The smallest absolute Gasteiger partial charge is 0.244 e. The number of benzene rings is 2. The molecule has 0 spiro atoms. The number of carbonyl (C=O) groups excluding carboxylic acids is 2. The molecular formula is C23H29BrClN3O4S. The van der Waals surface area contributed by atoms with Crippen molar-refractivity contribution in [2.45, 2.75) is 39.8 Å². The van der Waals surface area contributed by atoms with E-state index in [4.69, 9.17) is 11.6 Å². The van der Waals surface area contributed by atoms with E-state index in [9.17, 15) is 18.0 Å². The molecule has 1 N–H and O–H groups in total. The van der Waals surface area contributed by atoms with Crippen LogP contribution in [0.2, 0.25) is 5.02 Å². The van der Waals surface area contributed by atoms with Gasteiger partial charge in [0.25, 0.3) is 0 Å². The van der Waals surface area contributed by atoms with Crippen LogP contribution in [-0.4, -0.2) is 50.5 Å². The summed E-state index contributed by atoms with van der Waals surface area (Å²) in [5.41, 5.74) is 1.80. The maximum Gasteiger partial charge on any atom is 0.244 e. The molecule has 0 saturated heterocycles. The summed E-state index contributed by atoms with van der Waals surface area (Å²) in [6.07, 6.45) is 1.81. The summed E-state index contributed by atoms with van der Waals surface area (Å²) >= 11 is 9.41. The Kier molecular flexibility index (Phi) is 9.75. The van der Waals surface area contributed by atoms with Gasteiger partial charge in [0.1, 0.15) is 12.6 Å². The minimum Gasteiger partial charge on any atom is -0.354 e. The number of amides is 2. The van der Waals surface area contributed by atoms with E-state index in [1.54, 1.807) is 32.0 Å². The van der Waals surface area contributed by atoms with E-state index in [0.717, 1.165) is 27.0 Å². The minimum atomic E-state index is -3.78. The van der Waals surface area contributed by atoms with Crippen LogP contribution in [0.1, 0.15) is 31.4 Å². The fourth-order valence-corrected chi connectivity index (χ4v) is 4.66. The van der Waals surface area contributed by atoms with Crippen molar-refractivity contribution in [3.8, 4) is 0 Å². The third-order valence-electron chi connectivity index (χ3n) is 5.09. The van der Waals surface area contributed by atoms with E-state index in [1.807, 2.05) is 31.2 Å². The fourth-order valence-electron chi connectivity index (χ4n) is 3.26. The minimum absolute atomic E-state index is 0.157. The lowest BCUT2D eigenvalue weighted by Gasteiger charge is -2.32. The molecule has 1 atom stereocenters. The standard InChI is InChI=1S/C23H29BrClN3O4S/c1-5-12-26-23(30)17(3)27(14-18-6-8-19(24)9-7-18)22(29)15-28(33(4,31)32)21-11-10-20(25)13-16(21)2/h6-11,13,17H,5,12,14-15H2,1-4H3,(H,26,30)/t17-/m1/s1. The van der Waals surface area contributed by atoms with Gasteiger partial charge in [0.15, 0.2) is 0 Å². The van der Waals surface area contributed by atoms with Crippen LogP contribution < -0.4 is 9.62 Å². The van der Waals surface area contributed by atoms with E-state index in [2.05, 4.69) is 21.2 Å². The molecule has 0 radical (unpaired) electrons. The van der Waals surface area contributed by atoms with E-state index >= 15 is 0 Å². The van der Waals surface area contributed by atoms with Crippen molar-refractivity contribution >= 4 is 55.1 Å².